The number of hydrogen-bond acceptors (Lipinski definition) is 5. The maximum atomic E-state index is 13.8. The van der Waals surface area contributed by atoms with Gasteiger partial charge in [0, 0.05) is 5.92 Å². The number of esters is 1. The zero-order valence-corrected chi connectivity index (χ0v) is 29.0. The van der Waals surface area contributed by atoms with Crippen molar-refractivity contribution in [3.63, 3.8) is 0 Å². The normalized spacial score (nSPS) is 13.7. The predicted octanol–water partition coefficient (Wildman–Crippen LogP) is 7.75. The van der Waals surface area contributed by atoms with Crippen LogP contribution in [0.1, 0.15) is 90.5 Å². The van der Waals surface area contributed by atoms with Crippen LogP contribution in [0.3, 0.4) is 0 Å². The molecule has 0 saturated heterocycles. The summed E-state index contributed by atoms with van der Waals surface area (Å²) < 4.78 is 11.0. The Bertz CT molecular complexity index is 1470. The largest absolute Gasteiger partial charge is 0.497 e. The first-order valence-corrected chi connectivity index (χ1v) is 16.2. The van der Waals surface area contributed by atoms with Crippen LogP contribution in [0.25, 0.3) is 11.1 Å². The molecule has 0 fully saturated rings. The van der Waals surface area contributed by atoms with Crippen molar-refractivity contribution < 1.29 is 23.9 Å². The van der Waals surface area contributed by atoms with Gasteiger partial charge in [-0.3, -0.25) is 14.4 Å². The van der Waals surface area contributed by atoms with Gasteiger partial charge in [-0.25, -0.2) is 0 Å². The molecule has 0 spiro atoms. The van der Waals surface area contributed by atoms with E-state index >= 15 is 0 Å². The Morgan fingerprint density at radius 2 is 1.52 bits per heavy atom. The number of hydrogen-bond donors (Lipinski definition) is 2. The van der Waals surface area contributed by atoms with Gasteiger partial charge in [-0.15, -0.1) is 0 Å². The highest BCUT2D eigenvalue weighted by atomic mass is 16.6. The second-order valence-electron chi connectivity index (χ2n) is 14.2. The van der Waals surface area contributed by atoms with Crippen molar-refractivity contribution in [3.05, 3.63) is 89.5 Å². The van der Waals surface area contributed by atoms with Crippen molar-refractivity contribution in [2.45, 2.75) is 98.8 Å². The Labute approximate surface area is 275 Å². The second-order valence-corrected chi connectivity index (χ2v) is 14.2. The van der Waals surface area contributed by atoms with Crippen LogP contribution in [0.15, 0.2) is 72.8 Å². The van der Waals surface area contributed by atoms with Crippen molar-refractivity contribution in [1.29, 1.82) is 0 Å². The number of carbonyl (C=O) groups is 3. The van der Waals surface area contributed by atoms with Gasteiger partial charge in [-0.1, -0.05) is 81.4 Å². The Morgan fingerprint density at radius 3 is 2.13 bits per heavy atom. The van der Waals surface area contributed by atoms with E-state index in [2.05, 4.69) is 41.8 Å². The van der Waals surface area contributed by atoms with Gasteiger partial charge in [0.15, 0.2) is 0 Å². The number of carbonyl (C=O) groups excluding carboxylic acids is 3. The molecule has 0 radical (unpaired) electrons. The number of ether oxygens (including phenoxy) is 2. The molecular formula is C39H52N2O5. The highest BCUT2D eigenvalue weighted by Crippen LogP contribution is 2.29. The number of amides is 2. The van der Waals surface area contributed by atoms with E-state index in [0.717, 1.165) is 40.0 Å². The van der Waals surface area contributed by atoms with Crippen LogP contribution in [-0.2, 0) is 25.5 Å². The molecule has 0 saturated carbocycles. The first-order valence-electron chi connectivity index (χ1n) is 16.2. The molecule has 0 heterocycles. The van der Waals surface area contributed by atoms with Crippen molar-refractivity contribution in [3.8, 4) is 16.9 Å². The molecule has 2 N–H and O–H groups in total. The molecule has 2 amide bonds. The molecule has 7 heteroatoms. The third kappa shape index (κ3) is 11.0. The topological polar surface area (TPSA) is 93.7 Å². The second kappa shape index (κ2) is 15.9. The molecule has 3 aromatic rings. The van der Waals surface area contributed by atoms with E-state index in [1.165, 1.54) is 0 Å². The van der Waals surface area contributed by atoms with E-state index in [-0.39, 0.29) is 24.3 Å². The van der Waals surface area contributed by atoms with Gasteiger partial charge in [0.05, 0.1) is 19.6 Å². The summed E-state index contributed by atoms with van der Waals surface area (Å²) in [6.07, 6.45) is 1.85. The summed E-state index contributed by atoms with van der Waals surface area (Å²) in [6, 6.07) is 23.1. The van der Waals surface area contributed by atoms with Gasteiger partial charge in [0.2, 0.25) is 11.8 Å². The summed E-state index contributed by atoms with van der Waals surface area (Å²) >= 11 is 0. The number of nitrogens with one attached hydrogen (secondary N) is 2. The van der Waals surface area contributed by atoms with E-state index in [1.54, 1.807) is 7.11 Å². The van der Waals surface area contributed by atoms with E-state index in [0.29, 0.717) is 12.8 Å². The quantitative estimate of drug-likeness (QED) is 0.189. The van der Waals surface area contributed by atoms with Gasteiger partial charge in [-0.05, 0) is 99.2 Å². The summed E-state index contributed by atoms with van der Waals surface area (Å²) in [6.45, 7) is 15.2. The van der Waals surface area contributed by atoms with Crippen molar-refractivity contribution in [2.75, 3.05) is 7.11 Å². The molecule has 3 atom stereocenters. The summed E-state index contributed by atoms with van der Waals surface area (Å²) in [5.41, 5.74) is 4.28. The van der Waals surface area contributed by atoms with Crippen molar-refractivity contribution >= 4 is 17.8 Å². The third-order valence-corrected chi connectivity index (χ3v) is 7.97. The molecule has 0 aromatic heterocycles. The van der Waals surface area contributed by atoms with E-state index < -0.39 is 28.9 Å². The summed E-state index contributed by atoms with van der Waals surface area (Å²) in [7, 11) is 1.66. The van der Waals surface area contributed by atoms with Crippen molar-refractivity contribution in [1.82, 2.24) is 10.6 Å². The maximum Gasteiger partial charge on any atom is 0.307 e. The van der Waals surface area contributed by atoms with Crippen LogP contribution in [-0.4, -0.2) is 36.5 Å². The molecular weight excluding hydrogens is 576 g/mol. The van der Waals surface area contributed by atoms with Crippen LogP contribution >= 0.6 is 0 Å². The lowest BCUT2D eigenvalue weighted by atomic mass is 9.85. The Kier molecular flexibility index (Phi) is 12.6. The number of aryl methyl sites for hydroxylation is 2. The lowest BCUT2D eigenvalue weighted by molar-refractivity contribution is -0.157. The first kappa shape index (κ1) is 36.3. The standard InChI is InChI=1S/C39H52N2O5/c1-26-23-28(21-22-33(26)30-18-14-20-32(24-30)45-9)15-13-19-31(25-34(42)46-39(6,7)8)36(43)41-35(38(3,4)5)37(44)40-27(2)29-16-11-10-12-17-29/h10-12,14,16-18,20-24,27,31,35H,13,15,19,25H2,1-9H3,(H,40,44)(H,41,43)/t27-,31-,35-/m1/s1. The SMILES string of the molecule is COc1cccc(-c2ccc(CCC[C@H](CC(=O)OC(C)(C)C)C(=O)N[C@H](C(=O)N[C@H](C)c3ccccc3)C(C)(C)C)cc2C)c1. The molecule has 3 aromatic carbocycles. The minimum atomic E-state index is -0.792. The Morgan fingerprint density at radius 1 is 0.826 bits per heavy atom. The van der Waals surface area contributed by atoms with Gasteiger partial charge >= 0.3 is 5.97 Å². The fourth-order valence-corrected chi connectivity index (χ4v) is 5.52. The molecule has 0 unspecified atom stereocenters. The van der Waals surface area contributed by atoms with E-state index in [4.69, 9.17) is 9.47 Å². The van der Waals surface area contributed by atoms with Crippen LogP contribution in [0, 0.1) is 18.3 Å². The average Bonchev–Trinajstić information content (AvgIpc) is 2.98. The third-order valence-electron chi connectivity index (χ3n) is 7.97. The average molecular weight is 629 g/mol. The molecule has 3 rings (SSSR count). The highest BCUT2D eigenvalue weighted by molar-refractivity contribution is 5.90. The van der Waals surface area contributed by atoms with Gasteiger partial charge in [0.25, 0.3) is 0 Å². The van der Waals surface area contributed by atoms with Crippen LogP contribution in [0.5, 0.6) is 5.75 Å². The molecule has 0 bridgehead atoms. The molecule has 0 aliphatic carbocycles. The molecule has 248 valence electrons. The van der Waals surface area contributed by atoms with Gasteiger partial charge in [-0.2, -0.15) is 0 Å². The molecule has 0 aliphatic rings. The highest BCUT2D eigenvalue weighted by Gasteiger charge is 2.36. The number of rotatable bonds is 13. The Balaban J connectivity index is 1.73. The fraction of sp³-hybridized carbons (Fsp3) is 0.462. The smallest absolute Gasteiger partial charge is 0.307 e. The zero-order chi connectivity index (χ0) is 34.1. The van der Waals surface area contributed by atoms with E-state index in [9.17, 15) is 14.4 Å². The van der Waals surface area contributed by atoms with Crippen LogP contribution in [0.4, 0.5) is 0 Å². The number of methoxy groups -OCH3 is 1. The minimum Gasteiger partial charge on any atom is -0.497 e. The van der Waals surface area contributed by atoms with E-state index in [1.807, 2.05) is 97.0 Å². The monoisotopic (exact) mass is 628 g/mol. The van der Waals surface area contributed by atoms with Gasteiger partial charge in [0.1, 0.15) is 17.4 Å². The predicted molar refractivity (Wildman–Crippen MR) is 184 cm³/mol. The maximum absolute atomic E-state index is 13.8. The number of benzene rings is 3. The minimum absolute atomic E-state index is 0.0597. The summed E-state index contributed by atoms with van der Waals surface area (Å²) in [5, 5.41) is 6.06. The lowest BCUT2D eigenvalue weighted by Gasteiger charge is -2.33. The molecule has 7 nitrogen and oxygen atoms in total. The lowest BCUT2D eigenvalue weighted by Crippen LogP contribution is -2.55. The Hall–Kier alpha value is -4.13. The fourth-order valence-electron chi connectivity index (χ4n) is 5.52. The zero-order valence-electron chi connectivity index (χ0n) is 29.0. The van der Waals surface area contributed by atoms with Crippen molar-refractivity contribution in [2.24, 2.45) is 11.3 Å². The van der Waals surface area contributed by atoms with Crippen LogP contribution in [0.2, 0.25) is 0 Å². The van der Waals surface area contributed by atoms with Gasteiger partial charge < -0.3 is 20.1 Å². The summed E-state index contributed by atoms with van der Waals surface area (Å²) in [4.78, 5) is 40.2. The molecule has 46 heavy (non-hydrogen) atoms. The molecule has 0 aliphatic heterocycles. The summed E-state index contributed by atoms with van der Waals surface area (Å²) in [5.74, 6) is -0.846. The van der Waals surface area contributed by atoms with Crippen LogP contribution < -0.4 is 15.4 Å². The first-order chi connectivity index (χ1) is 21.6.